The average Bonchev–Trinajstić information content (AvgIpc) is 2.34. The Balaban J connectivity index is 2.43. The van der Waals surface area contributed by atoms with Crippen molar-refractivity contribution < 1.29 is 4.79 Å². The van der Waals surface area contributed by atoms with Crippen molar-refractivity contribution in [3.63, 3.8) is 0 Å². The van der Waals surface area contributed by atoms with E-state index >= 15 is 0 Å². The third-order valence-electron chi connectivity index (χ3n) is 2.80. The predicted octanol–water partition coefficient (Wildman–Crippen LogP) is 2.30. The summed E-state index contributed by atoms with van der Waals surface area (Å²) in [5.41, 5.74) is 7.93. The molecule has 0 aliphatic carbocycles. The molecule has 3 heteroatoms. The molecule has 1 amide bonds. The SMILES string of the molecule is CCCCCNC(=O)C(N)c1ccc(C)cc1. The normalized spacial score (nSPS) is 12.2. The maximum atomic E-state index is 11.8. The van der Waals surface area contributed by atoms with Crippen molar-refractivity contribution in [2.45, 2.75) is 39.2 Å². The highest BCUT2D eigenvalue weighted by molar-refractivity contribution is 5.82. The number of hydrogen-bond donors (Lipinski definition) is 2. The van der Waals surface area contributed by atoms with Crippen LogP contribution in [0.4, 0.5) is 0 Å². The van der Waals surface area contributed by atoms with E-state index < -0.39 is 6.04 Å². The van der Waals surface area contributed by atoms with Gasteiger partial charge in [-0.3, -0.25) is 4.79 Å². The highest BCUT2D eigenvalue weighted by Crippen LogP contribution is 2.11. The zero-order valence-corrected chi connectivity index (χ0v) is 10.7. The zero-order chi connectivity index (χ0) is 12.7. The number of rotatable bonds is 6. The van der Waals surface area contributed by atoms with Crippen molar-refractivity contribution in [2.75, 3.05) is 6.54 Å². The first kappa shape index (κ1) is 13.7. The Morgan fingerprint density at radius 1 is 1.29 bits per heavy atom. The predicted molar refractivity (Wildman–Crippen MR) is 70.6 cm³/mol. The Morgan fingerprint density at radius 2 is 1.94 bits per heavy atom. The van der Waals surface area contributed by atoms with E-state index in [9.17, 15) is 4.79 Å². The highest BCUT2D eigenvalue weighted by Gasteiger charge is 2.14. The van der Waals surface area contributed by atoms with Gasteiger partial charge in [0, 0.05) is 6.54 Å². The van der Waals surface area contributed by atoms with Crippen molar-refractivity contribution in [1.29, 1.82) is 0 Å². The van der Waals surface area contributed by atoms with Crippen LogP contribution in [0.25, 0.3) is 0 Å². The summed E-state index contributed by atoms with van der Waals surface area (Å²) < 4.78 is 0. The summed E-state index contributed by atoms with van der Waals surface area (Å²) in [5, 5.41) is 2.87. The summed E-state index contributed by atoms with van der Waals surface area (Å²) in [6, 6.07) is 7.20. The number of amides is 1. The van der Waals surface area contributed by atoms with Gasteiger partial charge >= 0.3 is 0 Å². The van der Waals surface area contributed by atoms with Gasteiger partial charge in [0.1, 0.15) is 6.04 Å². The van der Waals surface area contributed by atoms with E-state index in [0.717, 1.165) is 24.8 Å². The van der Waals surface area contributed by atoms with E-state index in [1.165, 1.54) is 5.56 Å². The molecule has 0 bridgehead atoms. The Hall–Kier alpha value is -1.35. The van der Waals surface area contributed by atoms with Crippen LogP contribution in [0.5, 0.6) is 0 Å². The number of benzene rings is 1. The number of nitrogens with one attached hydrogen (secondary N) is 1. The zero-order valence-electron chi connectivity index (χ0n) is 10.7. The molecule has 17 heavy (non-hydrogen) atoms. The largest absolute Gasteiger partial charge is 0.354 e. The maximum Gasteiger partial charge on any atom is 0.241 e. The third kappa shape index (κ3) is 4.57. The molecular weight excluding hydrogens is 212 g/mol. The first-order valence-corrected chi connectivity index (χ1v) is 6.25. The molecule has 1 unspecified atom stereocenters. The van der Waals surface area contributed by atoms with Gasteiger partial charge in [-0.15, -0.1) is 0 Å². The molecule has 0 aliphatic rings. The minimum atomic E-state index is -0.558. The van der Waals surface area contributed by atoms with Crippen LogP contribution in [0, 0.1) is 6.92 Å². The quantitative estimate of drug-likeness (QED) is 0.742. The van der Waals surface area contributed by atoms with E-state index in [-0.39, 0.29) is 5.91 Å². The van der Waals surface area contributed by atoms with E-state index in [2.05, 4.69) is 12.2 Å². The molecule has 0 saturated heterocycles. The van der Waals surface area contributed by atoms with Gasteiger partial charge in [0.25, 0.3) is 0 Å². The van der Waals surface area contributed by atoms with E-state index in [4.69, 9.17) is 5.73 Å². The second-order valence-electron chi connectivity index (χ2n) is 4.39. The summed E-state index contributed by atoms with van der Waals surface area (Å²) in [7, 11) is 0. The molecule has 0 fully saturated rings. The van der Waals surface area contributed by atoms with Crippen LogP contribution in [0.2, 0.25) is 0 Å². The Morgan fingerprint density at radius 3 is 2.53 bits per heavy atom. The summed E-state index contributed by atoms with van der Waals surface area (Å²) in [6.07, 6.45) is 3.31. The monoisotopic (exact) mass is 234 g/mol. The van der Waals surface area contributed by atoms with Crippen LogP contribution in [0.3, 0.4) is 0 Å². The fourth-order valence-corrected chi connectivity index (χ4v) is 1.62. The summed E-state index contributed by atoms with van der Waals surface area (Å²) in [4.78, 5) is 11.8. The number of unbranched alkanes of at least 4 members (excludes halogenated alkanes) is 2. The first-order chi connectivity index (χ1) is 8.15. The minimum Gasteiger partial charge on any atom is -0.354 e. The Kier molecular flexibility index (Phi) is 5.70. The lowest BCUT2D eigenvalue weighted by Gasteiger charge is -2.12. The van der Waals surface area contributed by atoms with Crippen LogP contribution in [-0.2, 0) is 4.79 Å². The van der Waals surface area contributed by atoms with Crippen LogP contribution >= 0.6 is 0 Å². The third-order valence-corrected chi connectivity index (χ3v) is 2.80. The summed E-state index contributed by atoms with van der Waals surface area (Å²) in [5.74, 6) is -0.0926. The molecular formula is C14H22N2O. The minimum absolute atomic E-state index is 0.0926. The maximum absolute atomic E-state index is 11.8. The lowest BCUT2D eigenvalue weighted by molar-refractivity contribution is -0.122. The van der Waals surface area contributed by atoms with Crippen molar-refractivity contribution in [3.8, 4) is 0 Å². The van der Waals surface area contributed by atoms with Gasteiger partial charge in [-0.2, -0.15) is 0 Å². The van der Waals surface area contributed by atoms with Gasteiger partial charge in [0.2, 0.25) is 5.91 Å². The molecule has 0 radical (unpaired) electrons. The fourth-order valence-electron chi connectivity index (χ4n) is 1.62. The van der Waals surface area contributed by atoms with Gasteiger partial charge in [0.05, 0.1) is 0 Å². The molecule has 1 aromatic rings. The Bertz CT molecular complexity index is 346. The molecule has 0 aliphatic heterocycles. The summed E-state index contributed by atoms with van der Waals surface area (Å²) >= 11 is 0. The topological polar surface area (TPSA) is 55.1 Å². The highest BCUT2D eigenvalue weighted by atomic mass is 16.2. The van der Waals surface area contributed by atoms with Gasteiger partial charge in [-0.25, -0.2) is 0 Å². The average molecular weight is 234 g/mol. The number of carbonyl (C=O) groups excluding carboxylic acids is 1. The van der Waals surface area contributed by atoms with Crippen molar-refractivity contribution in [3.05, 3.63) is 35.4 Å². The molecule has 0 spiro atoms. The van der Waals surface area contributed by atoms with Gasteiger partial charge in [-0.05, 0) is 18.9 Å². The second kappa shape index (κ2) is 7.07. The van der Waals surface area contributed by atoms with E-state index in [1.54, 1.807) is 0 Å². The second-order valence-corrected chi connectivity index (χ2v) is 4.39. The fraction of sp³-hybridized carbons (Fsp3) is 0.500. The van der Waals surface area contributed by atoms with Crippen LogP contribution < -0.4 is 11.1 Å². The standard InChI is InChI=1S/C14H22N2O/c1-3-4-5-10-16-14(17)13(15)12-8-6-11(2)7-9-12/h6-9,13H,3-5,10,15H2,1-2H3,(H,16,17). The van der Waals surface area contributed by atoms with E-state index in [1.807, 2.05) is 31.2 Å². The molecule has 1 atom stereocenters. The lowest BCUT2D eigenvalue weighted by atomic mass is 10.1. The van der Waals surface area contributed by atoms with Crippen molar-refractivity contribution in [1.82, 2.24) is 5.32 Å². The molecule has 0 aromatic heterocycles. The molecule has 0 saturated carbocycles. The van der Waals surface area contributed by atoms with Crippen LogP contribution in [0.1, 0.15) is 43.4 Å². The van der Waals surface area contributed by atoms with E-state index in [0.29, 0.717) is 6.54 Å². The number of carbonyl (C=O) groups is 1. The van der Waals surface area contributed by atoms with Gasteiger partial charge < -0.3 is 11.1 Å². The molecule has 1 aromatic carbocycles. The smallest absolute Gasteiger partial charge is 0.241 e. The van der Waals surface area contributed by atoms with Crippen molar-refractivity contribution >= 4 is 5.91 Å². The van der Waals surface area contributed by atoms with Crippen LogP contribution in [0.15, 0.2) is 24.3 Å². The first-order valence-electron chi connectivity index (χ1n) is 6.25. The molecule has 3 nitrogen and oxygen atoms in total. The number of aryl methyl sites for hydroxylation is 1. The molecule has 94 valence electrons. The number of nitrogens with two attached hydrogens (primary N) is 1. The van der Waals surface area contributed by atoms with Crippen LogP contribution in [-0.4, -0.2) is 12.5 Å². The molecule has 0 heterocycles. The Labute approximate surface area is 103 Å². The summed E-state index contributed by atoms with van der Waals surface area (Å²) in [6.45, 7) is 4.87. The lowest BCUT2D eigenvalue weighted by Crippen LogP contribution is -2.34. The number of hydrogen-bond acceptors (Lipinski definition) is 2. The van der Waals surface area contributed by atoms with Gasteiger partial charge in [-0.1, -0.05) is 49.6 Å². The van der Waals surface area contributed by atoms with Crippen molar-refractivity contribution in [2.24, 2.45) is 5.73 Å². The van der Waals surface area contributed by atoms with Gasteiger partial charge in [0.15, 0.2) is 0 Å². The molecule has 3 N–H and O–H groups in total. The molecule has 1 rings (SSSR count).